The standard InChI is InChI=1S/C14H10N2O2S/c15-14-16-13(18)12(19-14)7-10-5-8-3-1-2-4-9(8)6-11(10)17/h1-7,18H,(H2,15,16). The number of aromatic hydroxyl groups is 1. The number of thiazole rings is 1. The van der Waals surface area contributed by atoms with E-state index in [1.165, 1.54) is 0 Å². The summed E-state index contributed by atoms with van der Waals surface area (Å²) < 4.78 is 0. The summed E-state index contributed by atoms with van der Waals surface area (Å²) in [6, 6.07) is 7.63. The summed E-state index contributed by atoms with van der Waals surface area (Å²) in [5.74, 6) is -0.236. The molecule has 0 saturated heterocycles. The first-order valence-electron chi connectivity index (χ1n) is 5.63. The molecular formula is C14H10N2O2S. The van der Waals surface area contributed by atoms with Crippen LogP contribution in [0.5, 0.6) is 5.88 Å². The number of carbonyl (C=O) groups is 1. The highest BCUT2D eigenvalue weighted by atomic mass is 32.1. The number of anilines is 1. The van der Waals surface area contributed by atoms with Crippen LogP contribution in [0, 0.1) is 0 Å². The lowest BCUT2D eigenvalue weighted by molar-refractivity contribution is -0.109. The first-order valence-corrected chi connectivity index (χ1v) is 6.45. The van der Waals surface area contributed by atoms with Crippen LogP contribution in [0.4, 0.5) is 5.13 Å². The highest BCUT2D eigenvalue weighted by Gasteiger charge is 2.12. The van der Waals surface area contributed by atoms with E-state index in [9.17, 15) is 9.90 Å². The van der Waals surface area contributed by atoms with Crippen LogP contribution in [-0.2, 0) is 4.79 Å². The van der Waals surface area contributed by atoms with E-state index in [-0.39, 0.29) is 16.8 Å². The molecule has 1 aliphatic carbocycles. The van der Waals surface area contributed by atoms with Crippen molar-refractivity contribution in [2.45, 2.75) is 0 Å². The Bertz CT molecular complexity index is 818. The minimum atomic E-state index is -0.143. The number of fused-ring (bicyclic) bond motifs is 1. The van der Waals surface area contributed by atoms with E-state index in [2.05, 4.69) is 4.98 Å². The Morgan fingerprint density at radius 1 is 1.21 bits per heavy atom. The average molecular weight is 270 g/mol. The smallest absolute Gasteiger partial charge is 0.231 e. The highest BCUT2D eigenvalue weighted by molar-refractivity contribution is 7.16. The summed E-state index contributed by atoms with van der Waals surface area (Å²) >= 11 is 1.15. The van der Waals surface area contributed by atoms with Gasteiger partial charge in [0, 0.05) is 5.57 Å². The van der Waals surface area contributed by atoms with Crippen molar-refractivity contribution in [3.05, 3.63) is 45.2 Å². The molecule has 0 radical (unpaired) electrons. The fraction of sp³-hybridized carbons (Fsp3) is 0. The Labute approximate surface area is 112 Å². The molecule has 1 aliphatic rings. The molecule has 0 atom stereocenters. The van der Waals surface area contributed by atoms with Crippen molar-refractivity contribution in [1.29, 1.82) is 0 Å². The normalized spacial score (nSPS) is 15.8. The zero-order chi connectivity index (χ0) is 13.4. The number of Topliss-reactive ketones (excluding diaryl/α,β-unsaturated/α-hetero) is 1. The van der Waals surface area contributed by atoms with E-state index in [1.54, 1.807) is 18.2 Å². The van der Waals surface area contributed by atoms with E-state index in [0.717, 1.165) is 21.8 Å². The van der Waals surface area contributed by atoms with Gasteiger partial charge < -0.3 is 10.8 Å². The Hall–Kier alpha value is -2.40. The summed E-state index contributed by atoms with van der Waals surface area (Å²) in [7, 11) is 0. The molecule has 19 heavy (non-hydrogen) atoms. The fourth-order valence-corrected chi connectivity index (χ4v) is 2.61. The van der Waals surface area contributed by atoms with Crippen LogP contribution in [0.3, 0.4) is 0 Å². The summed E-state index contributed by atoms with van der Waals surface area (Å²) in [6.45, 7) is 0. The number of allylic oxidation sites excluding steroid dienone is 1. The van der Waals surface area contributed by atoms with Gasteiger partial charge in [-0.25, -0.2) is 0 Å². The second-order valence-corrected chi connectivity index (χ2v) is 5.18. The topological polar surface area (TPSA) is 76.2 Å². The zero-order valence-electron chi connectivity index (χ0n) is 9.83. The molecule has 0 aliphatic heterocycles. The Morgan fingerprint density at radius 2 is 1.89 bits per heavy atom. The molecule has 0 unspecified atom stereocenters. The minimum Gasteiger partial charge on any atom is -0.492 e. The molecule has 3 rings (SSSR count). The van der Waals surface area contributed by atoms with E-state index >= 15 is 0 Å². The number of aromatic nitrogens is 1. The SMILES string of the molecule is Nc1nc(O)c(C=C2C=c3ccccc3=CC2=O)s1. The Morgan fingerprint density at radius 3 is 2.53 bits per heavy atom. The van der Waals surface area contributed by atoms with E-state index in [1.807, 2.05) is 24.3 Å². The van der Waals surface area contributed by atoms with Crippen molar-refractivity contribution >= 4 is 40.5 Å². The van der Waals surface area contributed by atoms with Crippen LogP contribution in [-0.4, -0.2) is 15.9 Å². The van der Waals surface area contributed by atoms with Crippen molar-refractivity contribution in [2.75, 3.05) is 5.73 Å². The molecule has 5 heteroatoms. The van der Waals surface area contributed by atoms with E-state index < -0.39 is 0 Å². The number of rotatable bonds is 1. The maximum Gasteiger partial charge on any atom is 0.231 e. The van der Waals surface area contributed by atoms with Gasteiger partial charge in [-0.2, -0.15) is 4.98 Å². The van der Waals surface area contributed by atoms with Crippen molar-refractivity contribution in [3.8, 4) is 5.88 Å². The van der Waals surface area contributed by atoms with Gasteiger partial charge in [-0.05, 0) is 28.7 Å². The van der Waals surface area contributed by atoms with Crippen molar-refractivity contribution in [3.63, 3.8) is 0 Å². The lowest BCUT2D eigenvalue weighted by atomic mass is 10.0. The third kappa shape index (κ3) is 2.15. The molecule has 0 spiro atoms. The van der Waals surface area contributed by atoms with E-state index in [0.29, 0.717) is 10.5 Å². The number of carbonyl (C=O) groups excluding carboxylic acids is 1. The van der Waals surface area contributed by atoms with Crippen LogP contribution in [0.15, 0.2) is 29.8 Å². The number of hydrogen-bond donors (Lipinski definition) is 2. The number of nitrogen functional groups attached to an aromatic ring is 1. The largest absolute Gasteiger partial charge is 0.492 e. The molecule has 0 amide bonds. The number of benzene rings is 1. The van der Waals surface area contributed by atoms with Crippen molar-refractivity contribution in [2.24, 2.45) is 0 Å². The van der Waals surface area contributed by atoms with Crippen LogP contribution in [0.1, 0.15) is 4.88 Å². The van der Waals surface area contributed by atoms with Crippen molar-refractivity contribution < 1.29 is 9.90 Å². The average Bonchev–Trinajstić information content (AvgIpc) is 2.69. The number of hydrogen-bond acceptors (Lipinski definition) is 5. The van der Waals surface area contributed by atoms with Crippen LogP contribution in [0.2, 0.25) is 0 Å². The molecule has 4 nitrogen and oxygen atoms in total. The van der Waals surface area contributed by atoms with Gasteiger partial charge in [0.05, 0.1) is 4.88 Å². The Kier molecular flexibility index (Phi) is 2.68. The van der Waals surface area contributed by atoms with Gasteiger partial charge in [0.25, 0.3) is 0 Å². The molecule has 0 saturated carbocycles. The first-order chi connectivity index (χ1) is 9.13. The lowest BCUT2D eigenvalue weighted by Crippen LogP contribution is -2.29. The third-order valence-corrected chi connectivity index (χ3v) is 3.64. The maximum absolute atomic E-state index is 12.0. The second-order valence-electron chi connectivity index (χ2n) is 4.12. The molecule has 0 bridgehead atoms. The summed E-state index contributed by atoms with van der Waals surface area (Å²) in [6.07, 6.45) is 4.99. The summed E-state index contributed by atoms with van der Waals surface area (Å²) in [4.78, 5) is 16.2. The van der Waals surface area contributed by atoms with Gasteiger partial charge in [0.1, 0.15) is 0 Å². The first kappa shape index (κ1) is 11.7. The highest BCUT2D eigenvalue weighted by Crippen LogP contribution is 2.28. The van der Waals surface area contributed by atoms with Gasteiger partial charge in [0.15, 0.2) is 10.9 Å². The number of nitrogens with two attached hydrogens (primary N) is 1. The maximum atomic E-state index is 12.0. The quantitative estimate of drug-likeness (QED) is 0.746. The van der Waals surface area contributed by atoms with Gasteiger partial charge in [-0.15, -0.1) is 0 Å². The molecule has 2 aromatic rings. The number of ketones is 1. The lowest BCUT2D eigenvalue weighted by Gasteiger charge is -2.03. The van der Waals surface area contributed by atoms with Gasteiger partial charge in [0.2, 0.25) is 5.88 Å². The molecular weight excluding hydrogens is 260 g/mol. The molecule has 3 N–H and O–H groups in total. The second kappa shape index (κ2) is 4.37. The molecule has 0 fully saturated rings. The predicted molar refractivity (Wildman–Crippen MR) is 75.8 cm³/mol. The Balaban J connectivity index is 2.15. The third-order valence-electron chi connectivity index (χ3n) is 2.82. The summed E-state index contributed by atoms with van der Waals surface area (Å²) in [5.41, 5.74) is 6.02. The van der Waals surface area contributed by atoms with Gasteiger partial charge in [-0.3, -0.25) is 4.79 Å². The van der Waals surface area contributed by atoms with Gasteiger partial charge >= 0.3 is 0 Å². The monoisotopic (exact) mass is 270 g/mol. The molecule has 94 valence electrons. The molecule has 1 heterocycles. The minimum absolute atomic E-state index is 0.0925. The van der Waals surface area contributed by atoms with E-state index in [4.69, 9.17) is 5.73 Å². The predicted octanol–water partition coefficient (Wildman–Crippen LogP) is 0.658. The van der Waals surface area contributed by atoms with Gasteiger partial charge in [-0.1, -0.05) is 35.6 Å². The van der Waals surface area contributed by atoms with Crippen LogP contribution in [0.25, 0.3) is 18.2 Å². The molecule has 1 aromatic carbocycles. The van der Waals surface area contributed by atoms with Crippen LogP contribution >= 0.6 is 11.3 Å². The summed E-state index contributed by atoms with van der Waals surface area (Å²) in [5, 5.41) is 11.7. The van der Waals surface area contributed by atoms with Crippen molar-refractivity contribution in [1.82, 2.24) is 4.98 Å². The fourth-order valence-electron chi connectivity index (χ4n) is 1.93. The number of nitrogens with zero attached hydrogens (tertiary/aromatic N) is 1. The molecule has 1 aromatic heterocycles. The zero-order valence-corrected chi connectivity index (χ0v) is 10.6. The van der Waals surface area contributed by atoms with Crippen LogP contribution < -0.4 is 16.2 Å².